The molecule has 2 atom stereocenters. The Hall–Kier alpha value is -4.40. The van der Waals surface area contributed by atoms with E-state index in [9.17, 15) is 19.1 Å². The Labute approximate surface area is 241 Å². The summed E-state index contributed by atoms with van der Waals surface area (Å²) in [5.41, 5.74) is -0.184. The Bertz CT molecular complexity index is 1630. The fourth-order valence-electron chi connectivity index (χ4n) is 5.03. The summed E-state index contributed by atoms with van der Waals surface area (Å²) in [6.45, 7) is -1.26. The van der Waals surface area contributed by atoms with E-state index in [1.165, 1.54) is 26.4 Å². The van der Waals surface area contributed by atoms with Crippen LogP contribution in [0.5, 0.6) is 17.6 Å². The van der Waals surface area contributed by atoms with Crippen LogP contribution in [-0.2, 0) is 5.60 Å². The fraction of sp³-hybridized carbons (Fsp3) is 0.323. The van der Waals surface area contributed by atoms with Gasteiger partial charge in [0.15, 0.2) is 0 Å². The molecule has 0 amide bonds. The summed E-state index contributed by atoms with van der Waals surface area (Å²) in [6.07, 6.45) is 0.0127. The molecule has 0 aliphatic carbocycles. The van der Waals surface area contributed by atoms with Gasteiger partial charge in [0, 0.05) is 29.6 Å². The van der Waals surface area contributed by atoms with Crippen LogP contribution in [0.1, 0.15) is 40.2 Å². The third kappa shape index (κ3) is 6.25. The summed E-state index contributed by atoms with van der Waals surface area (Å²) in [5, 5.41) is 22.9. The first kappa shape index (κ1) is 30.6. The van der Waals surface area contributed by atoms with Gasteiger partial charge in [-0.25, -0.2) is 9.37 Å². The summed E-state index contributed by atoms with van der Waals surface area (Å²) in [7, 11) is 6.33. The van der Waals surface area contributed by atoms with E-state index in [0.29, 0.717) is 34.1 Å². The van der Waals surface area contributed by atoms with Gasteiger partial charge in [-0.15, -0.1) is 0 Å². The lowest BCUT2D eigenvalue weighted by Gasteiger charge is -2.39. The van der Waals surface area contributed by atoms with E-state index >= 15 is 4.39 Å². The lowest BCUT2D eigenvalue weighted by molar-refractivity contribution is -0.0538. The number of aromatic nitrogens is 2. The number of aryl methyl sites for hydroxylation is 1. The predicted molar refractivity (Wildman–Crippen MR) is 150 cm³/mol. The number of nitrogens with zero attached hydrogens (tertiary/aromatic N) is 4. The van der Waals surface area contributed by atoms with Gasteiger partial charge in [-0.05, 0) is 68.4 Å². The number of methoxy groups -OCH3 is 2. The molecular weight excluding hydrogens is 549 g/mol. The highest BCUT2D eigenvalue weighted by Gasteiger charge is 2.44. The molecule has 220 valence electrons. The highest BCUT2D eigenvalue weighted by atomic mass is 19.3. The van der Waals surface area contributed by atoms with Crippen LogP contribution in [0.25, 0.3) is 10.9 Å². The van der Waals surface area contributed by atoms with Gasteiger partial charge < -0.3 is 24.2 Å². The number of alkyl halides is 2. The molecule has 11 heteroatoms. The van der Waals surface area contributed by atoms with Crippen molar-refractivity contribution in [1.29, 1.82) is 5.26 Å². The predicted octanol–water partition coefficient (Wildman–Crippen LogP) is 5.54. The molecule has 0 aliphatic rings. The molecule has 8 nitrogen and oxygen atoms in total. The SMILES string of the molecule is COc1cc(C(O)(CCN(C)C)C(c2cc3cc(C#N)ccc3nc2OC)c2cccc(C)c2F)cc(OC(F)F)n1. The molecule has 2 heterocycles. The van der Waals surface area contributed by atoms with Crippen LogP contribution < -0.4 is 14.2 Å². The van der Waals surface area contributed by atoms with Crippen molar-refractivity contribution in [2.45, 2.75) is 31.5 Å². The summed E-state index contributed by atoms with van der Waals surface area (Å²) >= 11 is 0. The van der Waals surface area contributed by atoms with Crippen molar-refractivity contribution in [3.05, 3.63) is 88.2 Å². The van der Waals surface area contributed by atoms with Crippen LogP contribution in [0, 0.1) is 24.1 Å². The Balaban J connectivity index is 2.11. The second kappa shape index (κ2) is 12.6. The molecule has 4 rings (SSSR count). The highest BCUT2D eigenvalue weighted by Crippen LogP contribution is 2.49. The average molecular weight is 581 g/mol. The number of hydrogen-bond donors (Lipinski definition) is 1. The fourth-order valence-corrected chi connectivity index (χ4v) is 5.03. The standard InChI is InChI=1S/C31H31F3N4O4/c1-18-7-6-8-22(28(18)32)27(23-14-20-13-19(17-35)9-10-24(20)36-29(23)41-5)31(39,11-12-38(2)3)21-15-25(40-4)37-26(16-21)42-30(33)34/h6-10,13-16,27,30,39H,11-12H2,1-5H3. The first-order chi connectivity index (χ1) is 20.0. The number of hydrogen-bond acceptors (Lipinski definition) is 8. The first-order valence-electron chi connectivity index (χ1n) is 13.0. The molecule has 0 saturated heterocycles. The smallest absolute Gasteiger partial charge is 0.388 e. The Kier molecular flexibility index (Phi) is 9.19. The molecule has 0 spiro atoms. The molecule has 4 aromatic rings. The number of rotatable bonds is 11. The van der Waals surface area contributed by atoms with E-state index in [1.807, 2.05) is 19.0 Å². The number of halogens is 3. The molecule has 2 aromatic carbocycles. The minimum Gasteiger partial charge on any atom is -0.481 e. The lowest BCUT2D eigenvalue weighted by Crippen LogP contribution is -2.38. The molecule has 42 heavy (non-hydrogen) atoms. The van der Waals surface area contributed by atoms with Crippen LogP contribution in [0.3, 0.4) is 0 Å². The van der Waals surface area contributed by atoms with Gasteiger partial charge in [0.1, 0.15) is 11.4 Å². The van der Waals surface area contributed by atoms with Crippen molar-refractivity contribution in [2.75, 3.05) is 34.9 Å². The van der Waals surface area contributed by atoms with Crippen LogP contribution in [0.2, 0.25) is 0 Å². The van der Waals surface area contributed by atoms with Gasteiger partial charge >= 0.3 is 6.61 Å². The van der Waals surface area contributed by atoms with E-state index in [1.54, 1.807) is 49.4 Å². The summed E-state index contributed by atoms with van der Waals surface area (Å²) < 4.78 is 58.1. The minimum absolute atomic E-state index is 0.0127. The Morgan fingerprint density at radius 1 is 1.00 bits per heavy atom. The molecule has 2 aromatic heterocycles. The van der Waals surface area contributed by atoms with E-state index in [4.69, 9.17) is 9.47 Å². The number of aliphatic hydroxyl groups is 1. The average Bonchev–Trinajstić information content (AvgIpc) is 2.97. The molecule has 1 N–H and O–H groups in total. The third-order valence-electron chi connectivity index (χ3n) is 7.09. The van der Waals surface area contributed by atoms with Gasteiger partial charge in [0.25, 0.3) is 0 Å². The van der Waals surface area contributed by atoms with Gasteiger partial charge in [-0.3, -0.25) is 0 Å². The van der Waals surface area contributed by atoms with Gasteiger partial charge in [0.05, 0.1) is 37.3 Å². The Morgan fingerprint density at radius 2 is 1.74 bits per heavy atom. The van der Waals surface area contributed by atoms with Crippen molar-refractivity contribution >= 4 is 10.9 Å². The van der Waals surface area contributed by atoms with E-state index in [2.05, 4.69) is 20.8 Å². The van der Waals surface area contributed by atoms with Crippen molar-refractivity contribution in [3.63, 3.8) is 0 Å². The van der Waals surface area contributed by atoms with Crippen molar-refractivity contribution in [1.82, 2.24) is 14.9 Å². The second-order valence-corrected chi connectivity index (χ2v) is 10.1. The largest absolute Gasteiger partial charge is 0.481 e. The van der Waals surface area contributed by atoms with Crippen LogP contribution in [-0.4, -0.2) is 61.4 Å². The van der Waals surface area contributed by atoms with Crippen molar-refractivity contribution < 1.29 is 32.5 Å². The number of fused-ring (bicyclic) bond motifs is 1. The number of benzene rings is 2. The monoisotopic (exact) mass is 580 g/mol. The van der Waals surface area contributed by atoms with Crippen molar-refractivity contribution in [3.8, 4) is 23.7 Å². The zero-order valence-corrected chi connectivity index (χ0v) is 23.9. The molecule has 0 bridgehead atoms. The molecular formula is C31H31F3N4O4. The van der Waals surface area contributed by atoms with E-state index in [0.717, 1.165) is 0 Å². The summed E-state index contributed by atoms with van der Waals surface area (Å²) in [5.74, 6) is -2.19. The van der Waals surface area contributed by atoms with E-state index < -0.39 is 29.8 Å². The van der Waals surface area contributed by atoms with Crippen LogP contribution in [0.4, 0.5) is 13.2 Å². The third-order valence-corrected chi connectivity index (χ3v) is 7.09. The van der Waals surface area contributed by atoms with Crippen molar-refractivity contribution in [2.24, 2.45) is 0 Å². The van der Waals surface area contributed by atoms with Gasteiger partial charge in [-0.2, -0.15) is 19.0 Å². The zero-order valence-electron chi connectivity index (χ0n) is 23.9. The molecule has 0 aliphatic heterocycles. The topological polar surface area (TPSA) is 101 Å². The second-order valence-electron chi connectivity index (χ2n) is 10.1. The van der Waals surface area contributed by atoms with Crippen LogP contribution in [0.15, 0.2) is 54.6 Å². The van der Waals surface area contributed by atoms with Gasteiger partial charge in [-0.1, -0.05) is 18.2 Å². The van der Waals surface area contributed by atoms with E-state index in [-0.39, 0.29) is 29.3 Å². The van der Waals surface area contributed by atoms with Crippen LogP contribution >= 0.6 is 0 Å². The Morgan fingerprint density at radius 3 is 2.38 bits per heavy atom. The maximum Gasteiger partial charge on any atom is 0.388 e. The maximum absolute atomic E-state index is 16.1. The molecule has 0 saturated carbocycles. The summed E-state index contributed by atoms with van der Waals surface area (Å²) in [4.78, 5) is 10.4. The molecule has 0 radical (unpaired) electrons. The molecule has 0 fully saturated rings. The number of nitriles is 1. The van der Waals surface area contributed by atoms with Gasteiger partial charge in [0.2, 0.25) is 17.6 Å². The minimum atomic E-state index is -3.18. The summed E-state index contributed by atoms with van der Waals surface area (Å²) in [6, 6.07) is 16.1. The first-order valence-corrected chi connectivity index (χ1v) is 13.0. The zero-order chi connectivity index (χ0) is 30.6. The molecule has 2 unspecified atom stereocenters. The normalized spacial score (nSPS) is 13.6. The number of pyridine rings is 2. The highest BCUT2D eigenvalue weighted by molar-refractivity contribution is 5.82. The maximum atomic E-state index is 16.1. The lowest BCUT2D eigenvalue weighted by atomic mass is 9.71. The quantitative estimate of drug-likeness (QED) is 0.247. The number of ether oxygens (including phenoxy) is 3.